The van der Waals surface area contributed by atoms with Gasteiger partial charge >= 0.3 is 5.97 Å². The maximum absolute atomic E-state index is 13.6. The maximum Gasteiger partial charge on any atom is 0.307 e. The van der Waals surface area contributed by atoms with Gasteiger partial charge in [-0.15, -0.1) is 5.10 Å². The number of nitrogens with one attached hydrogen (secondary N) is 1. The standard InChI is InChI=1S/C37H61FN6O4/c1-22(2)23(3)33(5)14-15-35(7)24-10-11-27-34(6)20-47-21-37(27,25(24)12-13-36(35,8)28(33)30(45)46)18-26(44-42-31(39)41-43-44)29(34)48-19-32(4,40-9)16-17-38/h12,22-24,26-29,40H,10-11,13-21H2,1-9H3,(H2,39,42)(H,45,46)/t23-,24+,26-,27+,28-,29+,32?,33-,34-,35-,36+,37+/m1/s1. The van der Waals surface area contributed by atoms with Gasteiger partial charge in [0.05, 0.1) is 38.5 Å². The van der Waals surface area contributed by atoms with Gasteiger partial charge in [-0.25, -0.2) is 0 Å². The zero-order valence-corrected chi connectivity index (χ0v) is 30.8. The minimum absolute atomic E-state index is 0.125. The molecule has 2 bridgehead atoms. The van der Waals surface area contributed by atoms with Gasteiger partial charge in [0, 0.05) is 16.4 Å². The molecule has 0 amide bonds. The van der Waals surface area contributed by atoms with Gasteiger partial charge in [-0.3, -0.25) is 9.18 Å². The molecule has 11 heteroatoms. The number of allylic oxidation sites excluding steroid dienone is 1. The van der Waals surface area contributed by atoms with E-state index in [0.717, 1.165) is 32.1 Å². The minimum Gasteiger partial charge on any atom is -0.481 e. The molecule has 2 heterocycles. The molecule has 0 radical (unpaired) electrons. The van der Waals surface area contributed by atoms with Crippen LogP contribution in [0.2, 0.25) is 0 Å². The number of hydrogen-bond donors (Lipinski definition) is 3. The van der Waals surface area contributed by atoms with Gasteiger partial charge in [0.2, 0.25) is 0 Å². The number of carbonyl (C=O) groups is 1. The number of anilines is 1. The van der Waals surface area contributed by atoms with Crippen molar-refractivity contribution in [2.24, 2.45) is 56.7 Å². The fourth-order valence-corrected chi connectivity index (χ4v) is 12.2. The Bertz CT molecular complexity index is 1420. The van der Waals surface area contributed by atoms with Crippen LogP contribution in [-0.4, -0.2) is 76.5 Å². The topological polar surface area (TPSA) is 137 Å². The van der Waals surface area contributed by atoms with Crippen molar-refractivity contribution < 1.29 is 23.8 Å². The molecule has 5 aliphatic rings. The van der Waals surface area contributed by atoms with Crippen LogP contribution in [-0.2, 0) is 14.3 Å². The number of carboxylic acid groups (broad SMARTS) is 1. The highest BCUT2D eigenvalue weighted by Gasteiger charge is 2.72. The molecular weight excluding hydrogens is 611 g/mol. The van der Waals surface area contributed by atoms with E-state index < -0.39 is 24.1 Å². The van der Waals surface area contributed by atoms with Crippen LogP contribution in [0.25, 0.3) is 0 Å². The summed E-state index contributed by atoms with van der Waals surface area (Å²) in [7, 11) is 1.85. The van der Waals surface area contributed by atoms with Crippen LogP contribution in [0.1, 0.15) is 106 Å². The summed E-state index contributed by atoms with van der Waals surface area (Å²) in [5.41, 5.74) is 5.46. The van der Waals surface area contributed by atoms with Gasteiger partial charge in [-0.05, 0) is 104 Å². The Morgan fingerprint density at radius 3 is 2.54 bits per heavy atom. The number of likely N-dealkylation sites (N-methyl/N-ethyl adjacent to an activating group) is 1. The Labute approximate surface area is 286 Å². The summed E-state index contributed by atoms with van der Waals surface area (Å²) in [6.07, 6.45) is 7.89. The number of ether oxygens (including phenoxy) is 2. The lowest BCUT2D eigenvalue weighted by molar-refractivity contribution is -0.253. The molecule has 1 aromatic rings. The Kier molecular flexibility index (Phi) is 8.93. The van der Waals surface area contributed by atoms with E-state index in [0.29, 0.717) is 50.4 Å². The summed E-state index contributed by atoms with van der Waals surface area (Å²) in [6.45, 7) is 19.0. The van der Waals surface area contributed by atoms with Crippen LogP contribution in [0.3, 0.4) is 0 Å². The fourth-order valence-electron chi connectivity index (χ4n) is 12.2. The predicted molar refractivity (Wildman–Crippen MR) is 183 cm³/mol. The second-order valence-corrected chi connectivity index (χ2v) is 18.1. The number of hydrogen-bond acceptors (Lipinski definition) is 8. The normalized spacial score (nSPS) is 44.1. The summed E-state index contributed by atoms with van der Waals surface area (Å²) in [5, 5.41) is 27.3. The van der Waals surface area contributed by atoms with Crippen LogP contribution in [0, 0.1) is 56.7 Å². The number of alkyl halides is 1. The summed E-state index contributed by atoms with van der Waals surface area (Å²) >= 11 is 0. The largest absolute Gasteiger partial charge is 0.481 e. The number of halogens is 1. The molecular formula is C37H61FN6O4. The molecule has 0 aromatic carbocycles. The van der Waals surface area contributed by atoms with Gasteiger partial charge < -0.3 is 25.6 Å². The first-order valence-electron chi connectivity index (χ1n) is 18.4. The van der Waals surface area contributed by atoms with Gasteiger partial charge in [-0.2, -0.15) is 4.80 Å². The molecule has 48 heavy (non-hydrogen) atoms. The van der Waals surface area contributed by atoms with Crippen molar-refractivity contribution in [2.45, 2.75) is 118 Å². The molecule has 6 rings (SSSR count). The summed E-state index contributed by atoms with van der Waals surface area (Å²) < 4.78 is 27.1. The number of rotatable bonds is 10. The number of aromatic nitrogens is 4. The number of nitrogens with two attached hydrogens (primary N) is 1. The van der Waals surface area contributed by atoms with Gasteiger partial charge in [0.1, 0.15) is 6.04 Å². The molecule has 4 aliphatic carbocycles. The molecule has 10 nitrogen and oxygen atoms in total. The van der Waals surface area contributed by atoms with Crippen LogP contribution in [0.5, 0.6) is 0 Å². The van der Waals surface area contributed by atoms with E-state index in [2.05, 4.69) is 75.3 Å². The Morgan fingerprint density at radius 1 is 1.21 bits per heavy atom. The van der Waals surface area contributed by atoms with Gasteiger partial charge in [0.15, 0.2) is 0 Å². The minimum atomic E-state index is -0.649. The monoisotopic (exact) mass is 672 g/mol. The van der Waals surface area contributed by atoms with Gasteiger partial charge in [0.25, 0.3) is 5.95 Å². The SMILES string of the molecule is CNC(C)(CCF)CO[C@H]1[C@H](n2nnc(N)n2)C[C@@]23COC[C@]1(C)[C@@H]2CC[C@H]1C3=CC[C@@]2(C)[C@H](C(=O)O)[C@@](C)([C@H](C)C(C)C)CC[C@]12C. The van der Waals surface area contributed by atoms with Crippen LogP contribution in [0.15, 0.2) is 11.6 Å². The van der Waals surface area contributed by atoms with Crippen molar-refractivity contribution in [3.63, 3.8) is 0 Å². The predicted octanol–water partition coefficient (Wildman–Crippen LogP) is 6.11. The molecule has 4 N–H and O–H groups in total. The number of tetrazole rings is 1. The first kappa shape index (κ1) is 35.7. The molecule has 12 atom stereocenters. The zero-order chi connectivity index (χ0) is 35.1. The average molecular weight is 673 g/mol. The second-order valence-electron chi connectivity index (χ2n) is 18.1. The van der Waals surface area contributed by atoms with Crippen molar-refractivity contribution in [2.75, 3.05) is 39.3 Å². The van der Waals surface area contributed by atoms with E-state index in [-0.39, 0.29) is 51.1 Å². The highest BCUT2D eigenvalue weighted by atomic mass is 19.1. The number of carboxylic acids is 1. The quantitative estimate of drug-likeness (QED) is 0.252. The molecule has 1 aliphatic heterocycles. The third-order valence-electron chi connectivity index (χ3n) is 15.7. The Morgan fingerprint density at radius 2 is 1.94 bits per heavy atom. The Balaban J connectivity index is 1.43. The second kappa shape index (κ2) is 12.0. The first-order chi connectivity index (χ1) is 22.5. The van der Waals surface area contributed by atoms with Gasteiger partial charge in [-0.1, -0.05) is 65.2 Å². The molecule has 0 spiro atoms. The molecule has 270 valence electrons. The first-order valence-corrected chi connectivity index (χ1v) is 18.4. The van der Waals surface area contributed by atoms with E-state index in [4.69, 9.17) is 15.2 Å². The number of nitrogens with zero attached hydrogens (tertiary/aromatic N) is 4. The summed E-state index contributed by atoms with van der Waals surface area (Å²) in [4.78, 5) is 15.1. The van der Waals surface area contributed by atoms with Crippen LogP contribution in [0.4, 0.5) is 10.3 Å². The number of aliphatic carboxylic acids is 1. The van der Waals surface area contributed by atoms with Crippen molar-refractivity contribution in [3.05, 3.63) is 11.6 Å². The highest BCUT2D eigenvalue weighted by molar-refractivity contribution is 5.73. The van der Waals surface area contributed by atoms with Crippen molar-refractivity contribution in [1.29, 1.82) is 0 Å². The lowest BCUT2D eigenvalue weighted by atomic mass is 9.34. The van der Waals surface area contributed by atoms with E-state index in [1.165, 1.54) is 5.57 Å². The molecule has 1 unspecified atom stereocenters. The Hall–Kier alpha value is -2.11. The van der Waals surface area contributed by atoms with E-state index >= 15 is 0 Å². The van der Waals surface area contributed by atoms with Crippen molar-refractivity contribution in [1.82, 2.24) is 25.5 Å². The van der Waals surface area contributed by atoms with Crippen LogP contribution >= 0.6 is 0 Å². The lowest BCUT2D eigenvalue weighted by Crippen LogP contribution is -2.69. The molecule has 1 saturated heterocycles. The summed E-state index contributed by atoms with van der Waals surface area (Å²) in [6, 6.07) is -0.250. The van der Waals surface area contributed by atoms with Crippen molar-refractivity contribution in [3.8, 4) is 0 Å². The third-order valence-corrected chi connectivity index (χ3v) is 15.7. The zero-order valence-electron chi connectivity index (χ0n) is 30.8. The van der Waals surface area contributed by atoms with E-state index in [9.17, 15) is 14.3 Å². The van der Waals surface area contributed by atoms with E-state index in [1.54, 1.807) is 4.80 Å². The molecule has 3 saturated carbocycles. The average Bonchev–Trinajstić information content (AvgIpc) is 3.46. The van der Waals surface area contributed by atoms with Crippen molar-refractivity contribution >= 4 is 11.9 Å². The lowest BCUT2D eigenvalue weighted by Gasteiger charge is -2.71. The number of nitrogen functional groups attached to an aromatic ring is 1. The summed E-state index contributed by atoms with van der Waals surface area (Å²) in [5.74, 6) is 0.283. The van der Waals surface area contributed by atoms with Crippen LogP contribution < -0.4 is 11.1 Å². The molecule has 4 fully saturated rings. The third kappa shape index (κ3) is 4.94. The fraction of sp³-hybridized carbons (Fsp3) is 0.892. The van der Waals surface area contributed by atoms with E-state index in [1.807, 2.05) is 14.0 Å². The maximum atomic E-state index is 13.6. The number of fused-ring (bicyclic) bond motifs is 3. The highest BCUT2D eigenvalue weighted by Crippen LogP contribution is 2.75. The molecule has 1 aromatic heterocycles. The smallest absolute Gasteiger partial charge is 0.307 e.